The standard InChI is InChI=1S/C11H17FN2O3S.ClH/c1-8-10(5-4-9(17-2)11(8)12)18(15,16)14-7-3-6-13;/h4-5,14H,3,6-7,13H2,1-2H3;1H. The molecule has 1 rings (SSSR count). The number of hydrogen-bond acceptors (Lipinski definition) is 4. The normalized spacial score (nSPS) is 10.9. The van der Waals surface area contributed by atoms with E-state index in [4.69, 9.17) is 10.5 Å². The minimum atomic E-state index is -3.71. The molecular formula is C11H18ClFN2O3S. The molecule has 0 atom stereocenters. The van der Waals surface area contributed by atoms with Gasteiger partial charge in [-0.3, -0.25) is 0 Å². The van der Waals surface area contributed by atoms with Crippen LogP contribution in [0.25, 0.3) is 0 Å². The van der Waals surface area contributed by atoms with Crippen molar-refractivity contribution in [2.45, 2.75) is 18.2 Å². The molecular weight excluding hydrogens is 295 g/mol. The van der Waals surface area contributed by atoms with E-state index in [0.29, 0.717) is 13.0 Å². The molecule has 8 heteroatoms. The number of nitrogens with two attached hydrogens (primary N) is 1. The molecule has 5 nitrogen and oxygen atoms in total. The largest absolute Gasteiger partial charge is 0.494 e. The van der Waals surface area contributed by atoms with E-state index in [2.05, 4.69) is 4.72 Å². The fourth-order valence-corrected chi connectivity index (χ4v) is 2.79. The van der Waals surface area contributed by atoms with Crippen LogP contribution in [0.4, 0.5) is 4.39 Å². The third kappa shape index (κ3) is 4.31. The molecule has 0 saturated carbocycles. The van der Waals surface area contributed by atoms with Crippen LogP contribution in [0.2, 0.25) is 0 Å². The molecule has 0 bridgehead atoms. The molecule has 0 amide bonds. The Hall–Kier alpha value is -0.890. The molecule has 0 saturated heterocycles. The number of benzene rings is 1. The molecule has 0 radical (unpaired) electrons. The van der Waals surface area contributed by atoms with E-state index in [9.17, 15) is 12.8 Å². The number of nitrogens with one attached hydrogen (secondary N) is 1. The second-order valence-corrected chi connectivity index (χ2v) is 5.48. The third-order valence-electron chi connectivity index (χ3n) is 2.48. The van der Waals surface area contributed by atoms with Gasteiger partial charge in [0, 0.05) is 12.1 Å². The molecule has 0 aliphatic carbocycles. The van der Waals surface area contributed by atoms with Gasteiger partial charge in [-0.05, 0) is 32.0 Å². The highest BCUT2D eigenvalue weighted by atomic mass is 35.5. The topological polar surface area (TPSA) is 81.4 Å². The van der Waals surface area contributed by atoms with E-state index in [1.54, 1.807) is 0 Å². The van der Waals surface area contributed by atoms with Gasteiger partial charge in [0.25, 0.3) is 0 Å². The van der Waals surface area contributed by atoms with Crippen LogP contribution in [0.1, 0.15) is 12.0 Å². The monoisotopic (exact) mass is 312 g/mol. The Kier molecular flexibility index (Phi) is 7.28. The summed E-state index contributed by atoms with van der Waals surface area (Å²) in [6, 6.07) is 2.61. The lowest BCUT2D eigenvalue weighted by Gasteiger charge is -2.11. The van der Waals surface area contributed by atoms with E-state index in [0.717, 1.165) is 0 Å². The average molecular weight is 313 g/mol. The SMILES string of the molecule is COc1ccc(S(=O)(=O)NCCCN)c(C)c1F.Cl. The summed E-state index contributed by atoms with van der Waals surface area (Å²) in [6.45, 7) is 2.01. The molecule has 0 aromatic heterocycles. The number of sulfonamides is 1. The predicted octanol–water partition coefficient (Wildman–Crippen LogP) is 1.19. The Morgan fingerprint density at radius 3 is 2.58 bits per heavy atom. The summed E-state index contributed by atoms with van der Waals surface area (Å²) in [5.41, 5.74) is 5.31. The second kappa shape index (κ2) is 7.64. The number of methoxy groups -OCH3 is 1. The van der Waals surface area contributed by atoms with Crippen LogP contribution in [-0.4, -0.2) is 28.6 Å². The predicted molar refractivity (Wildman–Crippen MR) is 73.8 cm³/mol. The quantitative estimate of drug-likeness (QED) is 0.773. The maximum atomic E-state index is 13.7. The van der Waals surface area contributed by atoms with Crippen molar-refractivity contribution >= 4 is 22.4 Å². The van der Waals surface area contributed by atoms with E-state index in [1.807, 2.05) is 0 Å². The van der Waals surface area contributed by atoms with Crippen LogP contribution < -0.4 is 15.2 Å². The third-order valence-corrected chi connectivity index (χ3v) is 4.09. The van der Waals surface area contributed by atoms with Crippen molar-refractivity contribution < 1.29 is 17.5 Å². The van der Waals surface area contributed by atoms with Crippen molar-refractivity contribution in [1.82, 2.24) is 4.72 Å². The first-order valence-electron chi connectivity index (χ1n) is 5.47. The van der Waals surface area contributed by atoms with Crippen LogP contribution in [0.3, 0.4) is 0 Å². The molecule has 0 unspecified atom stereocenters. The van der Waals surface area contributed by atoms with Crippen molar-refractivity contribution in [3.8, 4) is 5.75 Å². The van der Waals surface area contributed by atoms with Crippen molar-refractivity contribution in [3.05, 3.63) is 23.5 Å². The van der Waals surface area contributed by atoms with Crippen molar-refractivity contribution in [3.63, 3.8) is 0 Å². The maximum absolute atomic E-state index is 13.7. The van der Waals surface area contributed by atoms with Gasteiger partial charge in [0.1, 0.15) is 0 Å². The van der Waals surface area contributed by atoms with E-state index in [-0.39, 0.29) is 35.2 Å². The maximum Gasteiger partial charge on any atom is 0.240 e. The number of halogens is 2. The molecule has 0 fully saturated rings. The van der Waals surface area contributed by atoms with Crippen LogP contribution in [0.15, 0.2) is 17.0 Å². The van der Waals surface area contributed by atoms with Crippen LogP contribution >= 0.6 is 12.4 Å². The van der Waals surface area contributed by atoms with Crippen molar-refractivity contribution in [2.24, 2.45) is 5.73 Å². The highest BCUT2D eigenvalue weighted by molar-refractivity contribution is 7.89. The molecule has 1 aromatic carbocycles. The van der Waals surface area contributed by atoms with Gasteiger partial charge in [-0.25, -0.2) is 17.5 Å². The highest BCUT2D eigenvalue weighted by Gasteiger charge is 2.20. The summed E-state index contributed by atoms with van der Waals surface area (Å²) in [7, 11) is -2.39. The second-order valence-electron chi connectivity index (χ2n) is 3.74. The van der Waals surface area contributed by atoms with Crippen LogP contribution in [0, 0.1) is 12.7 Å². The lowest BCUT2D eigenvalue weighted by molar-refractivity contribution is 0.384. The Bertz CT molecular complexity index is 523. The Labute approximate surface area is 118 Å². The zero-order valence-corrected chi connectivity index (χ0v) is 12.4. The molecule has 0 aliphatic heterocycles. The van der Waals surface area contributed by atoms with Crippen molar-refractivity contribution in [2.75, 3.05) is 20.2 Å². The van der Waals surface area contributed by atoms with E-state index >= 15 is 0 Å². The molecule has 3 N–H and O–H groups in total. The van der Waals surface area contributed by atoms with Gasteiger partial charge in [-0.2, -0.15) is 0 Å². The minimum Gasteiger partial charge on any atom is -0.494 e. The summed E-state index contributed by atoms with van der Waals surface area (Å²) in [5.74, 6) is -0.646. The first-order valence-corrected chi connectivity index (χ1v) is 6.95. The molecule has 110 valence electrons. The molecule has 0 aliphatic rings. The molecule has 19 heavy (non-hydrogen) atoms. The number of hydrogen-bond donors (Lipinski definition) is 2. The summed E-state index contributed by atoms with van der Waals surface area (Å²) in [4.78, 5) is -0.0854. The Balaban J connectivity index is 0.00000324. The Morgan fingerprint density at radius 1 is 1.42 bits per heavy atom. The van der Waals surface area contributed by atoms with E-state index < -0.39 is 15.8 Å². The highest BCUT2D eigenvalue weighted by Crippen LogP contribution is 2.25. The smallest absolute Gasteiger partial charge is 0.240 e. The summed E-state index contributed by atoms with van der Waals surface area (Å²) < 4.78 is 44.7. The summed E-state index contributed by atoms with van der Waals surface area (Å²) in [6.07, 6.45) is 0.525. The van der Waals surface area contributed by atoms with Gasteiger partial charge in [-0.15, -0.1) is 12.4 Å². The van der Waals surface area contributed by atoms with Gasteiger partial charge in [0.2, 0.25) is 10.0 Å². The first kappa shape index (κ1) is 18.1. The van der Waals surface area contributed by atoms with Gasteiger partial charge in [-0.1, -0.05) is 0 Å². The molecule has 0 heterocycles. The number of ether oxygens (including phenoxy) is 1. The van der Waals surface area contributed by atoms with Gasteiger partial charge >= 0.3 is 0 Å². The average Bonchev–Trinajstić information content (AvgIpc) is 2.32. The summed E-state index contributed by atoms with van der Waals surface area (Å²) in [5, 5.41) is 0. The van der Waals surface area contributed by atoms with Crippen LogP contribution in [0.5, 0.6) is 5.75 Å². The fourth-order valence-electron chi connectivity index (χ4n) is 1.48. The summed E-state index contributed by atoms with van der Waals surface area (Å²) >= 11 is 0. The van der Waals surface area contributed by atoms with Gasteiger partial charge in [0.15, 0.2) is 11.6 Å². The first-order chi connectivity index (χ1) is 8.44. The zero-order valence-electron chi connectivity index (χ0n) is 10.8. The van der Waals surface area contributed by atoms with Gasteiger partial charge < -0.3 is 10.5 Å². The molecule has 0 spiro atoms. The van der Waals surface area contributed by atoms with Crippen molar-refractivity contribution in [1.29, 1.82) is 0 Å². The van der Waals surface area contributed by atoms with Gasteiger partial charge in [0.05, 0.1) is 12.0 Å². The van der Waals surface area contributed by atoms with Crippen LogP contribution in [-0.2, 0) is 10.0 Å². The Morgan fingerprint density at radius 2 is 2.05 bits per heavy atom. The fraction of sp³-hybridized carbons (Fsp3) is 0.455. The van der Waals surface area contributed by atoms with E-state index in [1.165, 1.54) is 26.2 Å². The minimum absolute atomic E-state index is 0. The zero-order chi connectivity index (χ0) is 13.8. The lowest BCUT2D eigenvalue weighted by Crippen LogP contribution is -2.27. The molecule has 1 aromatic rings. The number of rotatable bonds is 6. The lowest BCUT2D eigenvalue weighted by atomic mass is 10.2.